The highest BCUT2D eigenvalue weighted by Gasteiger charge is 2.21. The Morgan fingerprint density at radius 1 is 1.33 bits per heavy atom. The van der Waals surface area contributed by atoms with Gasteiger partial charge in [-0.2, -0.15) is 0 Å². The Morgan fingerprint density at radius 3 is 2.56 bits per heavy atom. The van der Waals surface area contributed by atoms with Crippen LogP contribution in [0, 0.1) is 0 Å². The van der Waals surface area contributed by atoms with E-state index in [0.717, 1.165) is 25.7 Å². The lowest BCUT2D eigenvalue weighted by Gasteiger charge is -2.21. The molecule has 0 bridgehead atoms. The minimum absolute atomic E-state index is 0.0643. The molecule has 0 atom stereocenters. The fourth-order valence-electron chi connectivity index (χ4n) is 2.03. The number of hydrogen-bond acceptors (Lipinski definition) is 4. The quantitative estimate of drug-likeness (QED) is 0.685. The predicted molar refractivity (Wildman–Crippen MR) is 66.1 cm³/mol. The summed E-state index contributed by atoms with van der Waals surface area (Å²) in [5.41, 5.74) is 0.111. The van der Waals surface area contributed by atoms with Crippen molar-refractivity contribution < 1.29 is 17.9 Å². The molecule has 0 amide bonds. The fraction of sp³-hybridized carbons (Fsp3) is 0.545. The van der Waals surface area contributed by atoms with Crippen molar-refractivity contribution >= 4 is 25.7 Å². The van der Waals surface area contributed by atoms with Gasteiger partial charge < -0.3 is 9.72 Å². The first-order valence-corrected chi connectivity index (χ1v) is 8.12. The van der Waals surface area contributed by atoms with E-state index in [2.05, 4.69) is 4.98 Å². The molecule has 0 saturated heterocycles. The van der Waals surface area contributed by atoms with Gasteiger partial charge in [0.1, 0.15) is 16.7 Å². The predicted octanol–water partition coefficient (Wildman–Crippen LogP) is 2.43. The van der Waals surface area contributed by atoms with Gasteiger partial charge in [-0.25, -0.2) is 13.2 Å². The minimum atomic E-state index is -3.82. The zero-order valence-corrected chi connectivity index (χ0v) is 11.3. The summed E-state index contributed by atoms with van der Waals surface area (Å²) in [4.78, 5) is 14.2. The van der Waals surface area contributed by atoms with Crippen LogP contribution in [0.25, 0.3) is 0 Å². The average molecular weight is 292 g/mol. The third kappa shape index (κ3) is 3.26. The molecule has 1 aromatic rings. The van der Waals surface area contributed by atoms with E-state index in [1.165, 1.54) is 18.7 Å². The number of aromatic nitrogens is 1. The number of halogens is 1. The van der Waals surface area contributed by atoms with Crippen LogP contribution in [0.2, 0.25) is 0 Å². The molecule has 0 spiro atoms. The summed E-state index contributed by atoms with van der Waals surface area (Å²) in [6, 6.07) is 1.19. The minimum Gasteiger partial charge on any atom is -0.458 e. The lowest BCUT2D eigenvalue weighted by molar-refractivity contribution is 0.0205. The van der Waals surface area contributed by atoms with E-state index in [1.54, 1.807) is 0 Å². The van der Waals surface area contributed by atoms with Gasteiger partial charge in [0.25, 0.3) is 9.05 Å². The van der Waals surface area contributed by atoms with Gasteiger partial charge in [0.05, 0.1) is 0 Å². The van der Waals surface area contributed by atoms with E-state index >= 15 is 0 Å². The molecule has 0 aromatic carbocycles. The number of nitrogens with one attached hydrogen (secondary N) is 1. The topological polar surface area (TPSA) is 76.2 Å². The first-order valence-electron chi connectivity index (χ1n) is 5.81. The van der Waals surface area contributed by atoms with Crippen molar-refractivity contribution in [3.05, 3.63) is 18.0 Å². The zero-order chi connectivity index (χ0) is 13.2. The third-order valence-corrected chi connectivity index (χ3v) is 4.32. The lowest BCUT2D eigenvalue weighted by atomic mass is 9.98. The molecule has 1 aliphatic rings. The second kappa shape index (κ2) is 5.32. The molecule has 1 heterocycles. The molecular weight excluding hydrogens is 278 g/mol. The van der Waals surface area contributed by atoms with Crippen molar-refractivity contribution in [2.45, 2.75) is 43.1 Å². The maximum absolute atomic E-state index is 11.8. The highest BCUT2D eigenvalue weighted by molar-refractivity contribution is 8.13. The Labute approximate surface area is 110 Å². The highest BCUT2D eigenvalue weighted by Crippen LogP contribution is 2.22. The maximum Gasteiger partial charge on any atom is 0.355 e. The van der Waals surface area contributed by atoms with Crippen molar-refractivity contribution in [2.75, 3.05) is 0 Å². The van der Waals surface area contributed by atoms with E-state index in [-0.39, 0.29) is 16.7 Å². The van der Waals surface area contributed by atoms with Gasteiger partial charge in [-0.15, -0.1) is 0 Å². The first kappa shape index (κ1) is 13.4. The van der Waals surface area contributed by atoms with Crippen LogP contribution in [-0.4, -0.2) is 25.5 Å². The smallest absolute Gasteiger partial charge is 0.355 e. The molecule has 1 saturated carbocycles. The number of esters is 1. The number of H-pyrrole nitrogens is 1. The fourth-order valence-corrected chi connectivity index (χ4v) is 2.76. The highest BCUT2D eigenvalue weighted by atomic mass is 35.7. The number of hydrogen-bond donors (Lipinski definition) is 1. The van der Waals surface area contributed by atoms with Gasteiger partial charge in [0.2, 0.25) is 0 Å². The van der Waals surface area contributed by atoms with Crippen molar-refractivity contribution in [3.8, 4) is 0 Å². The largest absolute Gasteiger partial charge is 0.458 e. The Morgan fingerprint density at radius 2 is 2.00 bits per heavy atom. The molecule has 5 nitrogen and oxygen atoms in total. The van der Waals surface area contributed by atoms with Gasteiger partial charge in [0.15, 0.2) is 0 Å². The molecule has 1 aliphatic carbocycles. The van der Waals surface area contributed by atoms with Crippen LogP contribution in [0.15, 0.2) is 17.2 Å². The zero-order valence-electron chi connectivity index (χ0n) is 9.69. The van der Waals surface area contributed by atoms with E-state index < -0.39 is 15.0 Å². The number of ether oxygens (including phenoxy) is 1. The molecule has 2 rings (SSSR count). The standard InChI is InChI=1S/C11H14ClNO4S/c12-18(15,16)9-6-10(13-7-9)11(14)17-8-4-2-1-3-5-8/h6-8,13H,1-5H2. The SMILES string of the molecule is O=C(OC1CCCCC1)c1cc(S(=O)(=O)Cl)c[nH]1. The monoisotopic (exact) mass is 291 g/mol. The molecule has 1 aromatic heterocycles. The third-order valence-electron chi connectivity index (χ3n) is 2.98. The number of aromatic amines is 1. The van der Waals surface area contributed by atoms with Crippen LogP contribution in [0.5, 0.6) is 0 Å². The molecule has 0 aliphatic heterocycles. The molecule has 18 heavy (non-hydrogen) atoms. The van der Waals surface area contributed by atoms with E-state index in [9.17, 15) is 13.2 Å². The van der Waals surface area contributed by atoms with E-state index in [1.807, 2.05) is 0 Å². The Hall–Kier alpha value is -1.01. The number of carbonyl (C=O) groups is 1. The Kier molecular flexibility index (Phi) is 3.97. The van der Waals surface area contributed by atoms with Crippen LogP contribution in [0.1, 0.15) is 42.6 Å². The molecule has 1 N–H and O–H groups in total. The van der Waals surface area contributed by atoms with E-state index in [4.69, 9.17) is 15.4 Å². The Bertz CT molecular complexity index is 531. The van der Waals surface area contributed by atoms with Crippen LogP contribution in [-0.2, 0) is 13.8 Å². The summed E-state index contributed by atoms with van der Waals surface area (Å²) < 4.78 is 27.4. The maximum atomic E-state index is 11.8. The van der Waals surface area contributed by atoms with Crippen molar-refractivity contribution in [1.29, 1.82) is 0 Å². The van der Waals surface area contributed by atoms with Crippen LogP contribution >= 0.6 is 10.7 Å². The van der Waals surface area contributed by atoms with Crippen molar-refractivity contribution in [1.82, 2.24) is 4.98 Å². The summed E-state index contributed by atoms with van der Waals surface area (Å²) in [6.07, 6.45) is 6.14. The number of carbonyl (C=O) groups excluding carboxylic acids is 1. The first-order chi connectivity index (χ1) is 8.47. The Balaban J connectivity index is 2.02. The summed E-state index contributed by atoms with van der Waals surface area (Å²) >= 11 is 0. The van der Waals surface area contributed by atoms with Crippen molar-refractivity contribution in [2.24, 2.45) is 0 Å². The second-order valence-corrected chi connectivity index (χ2v) is 6.92. The molecule has 0 unspecified atom stereocenters. The van der Waals surface area contributed by atoms with Crippen LogP contribution in [0.3, 0.4) is 0 Å². The average Bonchev–Trinajstić information content (AvgIpc) is 2.79. The molecule has 0 radical (unpaired) electrons. The van der Waals surface area contributed by atoms with Gasteiger partial charge in [-0.1, -0.05) is 6.42 Å². The molecule has 1 fully saturated rings. The number of rotatable bonds is 3. The summed E-state index contributed by atoms with van der Waals surface area (Å²) in [5.74, 6) is -0.534. The summed E-state index contributed by atoms with van der Waals surface area (Å²) in [5, 5.41) is 0. The van der Waals surface area contributed by atoms with Crippen LogP contribution in [0.4, 0.5) is 0 Å². The molecule has 7 heteroatoms. The van der Waals surface area contributed by atoms with Gasteiger partial charge >= 0.3 is 5.97 Å². The van der Waals surface area contributed by atoms with Crippen molar-refractivity contribution in [3.63, 3.8) is 0 Å². The normalized spacial score (nSPS) is 17.6. The molecule has 100 valence electrons. The van der Waals surface area contributed by atoms with Gasteiger partial charge in [0, 0.05) is 16.9 Å². The summed E-state index contributed by atoms with van der Waals surface area (Å²) in [6.45, 7) is 0. The lowest BCUT2D eigenvalue weighted by Crippen LogP contribution is -2.21. The molecular formula is C11H14ClNO4S. The van der Waals surface area contributed by atoms with E-state index in [0.29, 0.717) is 0 Å². The van der Waals surface area contributed by atoms with Crippen LogP contribution < -0.4 is 0 Å². The van der Waals surface area contributed by atoms with Gasteiger partial charge in [-0.3, -0.25) is 0 Å². The summed E-state index contributed by atoms with van der Waals surface area (Å²) in [7, 11) is 1.35. The second-order valence-electron chi connectivity index (χ2n) is 4.35. The van der Waals surface area contributed by atoms with Gasteiger partial charge in [-0.05, 0) is 31.7 Å².